The van der Waals surface area contributed by atoms with Crippen molar-refractivity contribution in [2.24, 2.45) is 0 Å². The Balaban J connectivity index is 1.03. The van der Waals surface area contributed by atoms with Gasteiger partial charge in [-0.3, -0.25) is 9.69 Å². The third-order valence-corrected chi connectivity index (χ3v) is 8.55. The lowest BCUT2D eigenvalue weighted by molar-refractivity contribution is -0.114. The van der Waals surface area contributed by atoms with E-state index >= 15 is 0 Å². The Hall–Kier alpha value is -3.26. The maximum Gasteiger partial charge on any atom is 0.257 e. The van der Waals surface area contributed by atoms with Crippen molar-refractivity contribution in [2.75, 3.05) is 13.1 Å². The number of carbonyl (C=O) groups is 1. The van der Waals surface area contributed by atoms with Crippen LogP contribution in [0.25, 0.3) is 6.08 Å². The summed E-state index contributed by atoms with van der Waals surface area (Å²) in [7, 11) is -3.75. The fourth-order valence-corrected chi connectivity index (χ4v) is 6.27. The number of nitrogens with one attached hydrogen (secondary N) is 2. The van der Waals surface area contributed by atoms with Crippen molar-refractivity contribution in [1.82, 2.24) is 14.9 Å². The Labute approximate surface area is 225 Å². The number of nitrogens with zero attached hydrogens (tertiary/aromatic N) is 1. The Kier molecular flexibility index (Phi) is 8.37. The zero-order valence-electron chi connectivity index (χ0n) is 21.5. The molecule has 7 heteroatoms. The molecular weight excluding hydrogens is 494 g/mol. The Morgan fingerprint density at radius 1 is 0.868 bits per heavy atom. The average molecular weight is 530 g/mol. The molecule has 3 aromatic rings. The second kappa shape index (κ2) is 12.1. The first-order chi connectivity index (χ1) is 18.4. The molecule has 38 heavy (non-hydrogen) atoms. The number of amides is 1. The Bertz CT molecular complexity index is 1330. The molecule has 1 heterocycles. The van der Waals surface area contributed by atoms with Gasteiger partial charge in [0.05, 0.1) is 5.75 Å². The first-order valence-corrected chi connectivity index (χ1v) is 15.0. The van der Waals surface area contributed by atoms with Crippen LogP contribution in [0.4, 0.5) is 0 Å². The van der Waals surface area contributed by atoms with Crippen molar-refractivity contribution in [3.8, 4) is 0 Å². The second-order valence-corrected chi connectivity index (χ2v) is 12.1. The summed E-state index contributed by atoms with van der Waals surface area (Å²) in [5.74, 6) is -0.209. The number of hydrogen-bond donors (Lipinski definition) is 2. The minimum Gasteiger partial charge on any atom is -0.311 e. The van der Waals surface area contributed by atoms with Crippen molar-refractivity contribution in [2.45, 2.75) is 49.6 Å². The van der Waals surface area contributed by atoms with Gasteiger partial charge in [-0.05, 0) is 60.7 Å². The molecule has 2 aliphatic rings. The molecule has 3 aromatic carbocycles. The van der Waals surface area contributed by atoms with Gasteiger partial charge in [-0.15, -0.1) is 0 Å². The van der Waals surface area contributed by atoms with Gasteiger partial charge in [-0.2, -0.15) is 0 Å². The van der Waals surface area contributed by atoms with E-state index in [-0.39, 0.29) is 5.75 Å². The molecular formula is C31H35N3O3S. The quantitative estimate of drug-likeness (QED) is 0.379. The summed E-state index contributed by atoms with van der Waals surface area (Å²) in [6.07, 6.45) is 6.48. The molecule has 1 aliphatic heterocycles. The summed E-state index contributed by atoms with van der Waals surface area (Å²) in [5.41, 5.74) is 4.17. The summed E-state index contributed by atoms with van der Waals surface area (Å²) in [4.78, 5) is 14.6. The molecule has 1 saturated carbocycles. The predicted molar refractivity (Wildman–Crippen MR) is 152 cm³/mol. The molecule has 0 bridgehead atoms. The first-order valence-electron chi connectivity index (χ1n) is 13.3. The number of hydrogen-bond acceptors (Lipinski definition) is 5. The highest BCUT2D eigenvalue weighted by Gasteiger charge is 2.39. The average Bonchev–Trinajstić information content (AvgIpc) is 3.69. The lowest BCUT2D eigenvalue weighted by Gasteiger charge is -2.32. The molecule has 1 amide bonds. The van der Waals surface area contributed by atoms with Gasteiger partial charge in [0.2, 0.25) is 10.0 Å². The van der Waals surface area contributed by atoms with Gasteiger partial charge < -0.3 is 5.32 Å². The SMILES string of the molecule is O=C(C=Cc1ccc(CN2CCC(NC3CC3c3ccccc3)CC2)cc1)NS(=O)(=O)Cc1ccccc1. The van der Waals surface area contributed by atoms with Crippen LogP contribution >= 0.6 is 0 Å². The molecule has 2 N–H and O–H groups in total. The Morgan fingerprint density at radius 3 is 2.21 bits per heavy atom. The van der Waals surface area contributed by atoms with E-state index in [0.717, 1.165) is 25.2 Å². The standard InChI is InChI=1S/C31H35N3O3S/c35-31(33-38(36,37)23-26-7-3-1-4-8-26)16-15-24-11-13-25(14-12-24)22-34-19-17-28(18-20-34)32-30-21-29(30)27-9-5-2-6-10-27/h1-16,28-30,32H,17-23H2,(H,33,35). The van der Waals surface area contributed by atoms with E-state index in [1.54, 1.807) is 30.3 Å². The fourth-order valence-electron chi connectivity index (χ4n) is 5.19. The van der Waals surface area contributed by atoms with E-state index in [1.165, 1.54) is 36.5 Å². The predicted octanol–water partition coefficient (Wildman–Crippen LogP) is 4.46. The molecule has 2 fully saturated rings. The molecule has 0 spiro atoms. The van der Waals surface area contributed by atoms with Crippen molar-refractivity contribution in [3.63, 3.8) is 0 Å². The number of carbonyl (C=O) groups excluding carboxylic acids is 1. The van der Waals surface area contributed by atoms with Crippen LogP contribution in [0.1, 0.15) is 47.4 Å². The van der Waals surface area contributed by atoms with Gasteiger partial charge in [0, 0.05) is 30.6 Å². The molecule has 1 aliphatic carbocycles. The first kappa shape index (κ1) is 26.4. The minimum atomic E-state index is -3.75. The van der Waals surface area contributed by atoms with Gasteiger partial charge in [-0.25, -0.2) is 13.1 Å². The minimum absolute atomic E-state index is 0.232. The van der Waals surface area contributed by atoms with Gasteiger partial charge in [-0.1, -0.05) is 84.9 Å². The van der Waals surface area contributed by atoms with E-state index in [2.05, 4.69) is 57.4 Å². The maximum atomic E-state index is 12.2. The molecule has 6 nitrogen and oxygen atoms in total. The van der Waals surface area contributed by atoms with Crippen LogP contribution in [-0.4, -0.2) is 44.4 Å². The third-order valence-electron chi connectivity index (χ3n) is 7.32. The monoisotopic (exact) mass is 529 g/mol. The van der Waals surface area contributed by atoms with Crippen LogP contribution in [0, 0.1) is 0 Å². The Morgan fingerprint density at radius 2 is 1.53 bits per heavy atom. The second-order valence-electron chi connectivity index (χ2n) is 10.4. The normalized spacial score (nSPS) is 20.4. The number of sulfonamides is 1. The lowest BCUT2D eigenvalue weighted by atomic mass is 10.0. The highest BCUT2D eigenvalue weighted by Crippen LogP contribution is 2.41. The van der Waals surface area contributed by atoms with Crippen LogP contribution in [0.15, 0.2) is 91.0 Å². The zero-order valence-corrected chi connectivity index (χ0v) is 22.3. The topological polar surface area (TPSA) is 78.5 Å². The van der Waals surface area contributed by atoms with Crippen LogP contribution in [0.5, 0.6) is 0 Å². The highest BCUT2D eigenvalue weighted by molar-refractivity contribution is 7.89. The molecule has 5 rings (SSSR count). The van der Waals surface area contributed by atoms with Crippen molar-refractivity contribution in [3.05, 3.63) is 113 Å². The summed E-state index contributed by atoms with van der Waals surface area (Å²) >= 11 is 0. The van der Waals surface area contributed by atoms with E-state index < -0.39 is 15.9 Å². The summed E-state index contributed by atoms with van der Waals surface area (Å²) in [6, 6.07) is 28.9. The molecule has 1 saturated heterocycles. The summed E-state index contributed by atoms with van der Waals surface area (Å²) in [5, 5.41) is 3.88. The zero-order chi connectivity index (χ0) is 26.4. The van der Waals surface area contributed by atoms with Crippen LogP contribution < -0.4 is 10.0 Å². The van der Waals surface area contributed by atoms with E-state index in [1.807, 2.05) is 18.2 Å². The largest absolute Gasteiger partial charge is 0.311 e. The van der Waals surface area contributed by atoms with Crippen LogP contribution in [-0.2, 0) is 27.1 Å². The smallest absolute Gasteiger partial charge is 0.257 e. The highest BCUT2D eigenvalue weighted by atomic mass is 32.2. The third kappa shape index (κ3) is 7.63. The summed E-state index contributed by atoms with van der Waals surface area (Å²) < 4.78 is 26.6. The van der Waals surface area contributed by atoms with Crippen molar-refractivity contribution < 1.29 is 13.2 Å². The number of rotatable bonds is 10. The fraction of sp³-hybridized carbons (Fsp3) is 0.323. The molecule has 0 aromatic heterocycles. The molecule has 0 radical (unpaired) electrons. The van der Waals surface area contributed by atoms with Crippen LogP contribution in [0.3, 0.4) is 0 Å². The van der Waals surface area contributed by atoms with Gasteiger partial charge >= 0.3 is 0 Å². The number of piperidine rings is 1. The van der Waals surface area contributed by atoms with Crippen molar-refractivity contribution in [1.29, 1.82) is 0 Å². The van der Waals surface area contributed by atoms with E-state index in [4.69, 9.17) is 0 Å². The number of benzene rings is 3. The van der Waals surface area contributed by atoms with Crippen LogP contribution in [0.2, 0.25) is 0 Å². The molecule has 2 atom stereocenters. The summed E-state index contributed by atoms with van der Waals surface area (Å²) in [6.45, 7) is 3.07. The molecule has 2 unspecified atom stereocenters. The lowest BCUT2D eigenvalue weighted by Crippen LogP contribution is -2.43. The van der Waals surface area contributed by atoms with E-state index in [9.17, 15) is 13.2 Å². The number of likely N-dealkylation sites (tertiary alicyclic amines) is 1. The van der Waals surface area contributed by atoms with Gasteiger partial charge in [0.15, 0.2) is 0 Å². The van der Waals surface area contributed by atoms with Gasteiger partial charge in [0.1, 0.15) is 0 Å². The van der Waals surface area contributed by atoms with Gasteiger partial charge in [0.25, 0.3) is 5.91 Å². The molecule has 198 valence electrons. The van der Waals surface area contributed by atoms with Crippen molar-refractivity contribution >= 4 is 22.0 Å². The maximum absolute atomic E-state index is 12.2. The van der Waals surface area contributed by atoms with E-state index in [0.29, 0.717) is 23.6 Å².